The van der Waals surface area contributed by atoms with Gasteiger partial charge < -0.3 is 9.52 Å². The zero-order chi connectivity index (χ0) is 20.2. The van der Waals surface area contributed by atoms with Crippen molar-refractivity contribution in [3.63, 3.8) is 0 Å². The molecule has 0 spiro atoms. The van der Waals surface area contributed by atoms with Gasteiger partial charge >= 0.3 is 5.97 Å². The number of rotatable bonds is 5. The molecule has 0 fully saturated rings. The maximum atomic E-state index is 12.8. The van der Waals surface area contributed by atoms with Gasteiger partial charge in [-0.05, 0) is 30.3 Å². The van der Waals surface area contributed by atoms with Crippen LogP contribution in [0.1, 0.15) is 26.3 Å². The van der Waals surface area contributed by atoms with Crippen LogP contribution in [0.3, 0.4) is 0 Å². The largest absolute Gasteiger partial charge is 0.478 e. The summed E-state index contributed by atoms with van der Waals surface area (Å²) in [6, 6.07) is 18.8. The molecule has 2 N–H and O–H groups in total. The third-order valence-corrected chi connectivity index (χ3v) is 4.30. The number of fused-ring (bicyclic) bond motifs is 1. The molecule has 0 saturated heterocycles. The first-order chi connectivity index (χ1) is 14.1. The quantitative estimate of drug-likeness (QED) is 0.400. The summed E-state index contributed by atoms with van der Waals surface area (Å²) >= 11 is 0. The summed E-state index contributed by atoms with van der Waals surface area (Å²) in [6.07, 6.45) is 2.84. The van der Waals surface area contributed by atoms with E-state index < -0.39 is 11.9 Å². The predicted octanol–water partition coefficient (Wildman–Crippen LogP) is 3.96. The number of carbonyl (C=O) groups excluding carboxylic acids is 1. The van der Waals surface area contributed by atoms with Gasteiger partial charge in [0.1, 0.15) is 5.69 Å². The maximum Gasteiger partial charge on any atom is 0.336 e. The number of pyridine rings is 1. The Morgan fingerprint density at radius 1 is 1.00 bits per heavy atom. The number of benzene rings is 2. The number of carboxylic acid groups (broad SMARTS) is 1. The number of hydrogen-bond acceptors (Lipinski definition) is 5. The number of para-hydroxylation sites is 1. The van der Waals surface area contributed by atoms with Crippen molar-refractivity contribution in [3.05, 3.63) is 89.7 Å². The Kier molecular flexibility index (Phi) is 4.86. The van der Waals surface area contributed by atoms with Crippen LogP contribution in [0.25, 0.3) is 22.4 Å². The van der Waals surface area contributed by atoms with Crippen LogP contribution in [0.15, 0.2) is 82.5 Å². The maximum absolute atomic E-state index is 12.8. The highest BCUT2D eigenvalue weighted by Gasteiger charge is 2.15. The third kappa shape index (κ3) is 3.74. The number of aromatic carboxylic acids is 1. The van der Waals surface area contributed by atoms with E-state index in [1.54, 1.807) is 42.5 Å². The smallest absolute Gasteiger partial charge is 0.336 e. The van der Waals surface area contributed by atoms with Crippen molar-refractivity contribution in [1.82, 2.24) is 10.4 Å². The van der Waals surface area contributed by atoms with Crippen LogP contribution in [-0.2, 0) is 0 Å². The Bertz CT molecular complexity index is 1230. The molecule has 7 nitrogen and oxygen atoms in total. The molecule has 1 amide bonds. The molecular weight excluding hydrogens is 370 g/mol. The van der Waals surface area contributed by atoms with Crippen molar-refractivity contribution in [2.75, 3.05) is 0 Å². The van der Waals surface area contributed by atoms with Crippen molar-refractivity contribution in [1.29, 1.82) is 0 Å². The molecule has 4 rings (SSSR count). The number of furan rings is 1. The topological polar surface area (TPSA) is 105 Å². The summed E-state index contributed by atoms with van der Waals surface area (Å²) in [5, 5.41) is 13.8. The number of carbonyl (C=O) groups is 2. The summed E-state index contributed by atoms with van der Waals surface area (Å²) in [5.41, 5.74) is 4.49. The molecule has 2 heterocycles. The summed E-state index contributed by atoms with van der Waals surface area (Å²) in [4.78, 5) is 28.6. The van der Waals surface area contributed by atoms with Gasteiger partial charge in [0.2, 0.25) is 0 Å². The fourth-order valence-electron chi connectivity index (χ4n) is 2.94. The normalized spacial score (nSPS) is 11.0. The number of amides is 1. The van der Waals surface area contributed by atoms with Gasteiger partial charge in [-0.1, -0.05) is 36.4 Å². The van der Waals surface area contributed by atoms with Crippen molar-refractivity contribution >= 4 is 29.0 Å². The minimum atomic E-state index is -1.07. The molecule has 0 radical (unpaired) electrons. The number of aromatic nitrogens is 1. The van der Waals surface area contributed by atoms with E-state index in [4.69, 9.17) is 4.42 Å². The van der Waals surface area contributed by atoms with Crippen molar-refractivity contribution in [2.45, 2.75) is 0 Å². The van der Waals surface area contributed by atoms with Crippen LogP contribution in [-0.4, -0.2) is 28.2 Å². The van der Waals surface area contributed by atoms with Crippen LogP contribution in [0.4, 0.5) is 0 Å². The molecule has 7 heteroatoms. The van der Waals surface area contributed by atoms with Gasteiger partial charge in [-0.15, -0.1) is 0 Å². The first-order valence-electron chi connectivity index (χ1n) is 8.73. The minimum absolute atomic E-state index is 0.0972. The van der Waals surface area contributed by atoms with Crippen LogP contribution in [0, 0.1) is 0 Å². The van der Waals surface area contributed by atoms with Gasteiger partial charge in [-0.25, -0.2) is 15.2 Å². The van der Waals surface area contributed by atoms with E-state index in [9.17, 15) is 14.7 Å². The molecule has 2 aromatic carbocycles. The number of hydrazone groups is 1. The van der Waals surface area contributed by atoms with Crippen molar-refractivity contribution < 1.29 is 19.1 Å². The Morgan fingerprint density at radius 3 is 2.59 bits per heavy atom. The van der Waals surface area contributed by atoms with Crippen molar-refractivity contribution in [3.8, 4) is 11.5 Å². The summed E-state index contributed by atoms with van der Waals surface area (Å²) < 4.78 is 5.40. The lowest BCUT2D eigenvalue weighted by molar-refractivity contribution is 0.0696. The van der Waals surface area contributed by atoms with E-state index in [1.807, 2.05) is 18.2 Å². The zero-order valence-corrected chi connectivity index (χ0v) is 15.1. The molecule has 0 aliphatic carbocycles. The highest BCUT2D eigenvalue weighted by molar-refractivity contribution is 6.07. The first kappa shape index (κ1) is 18.1. The minimum Gasteiger partial charge on any atom is -0.478 e. The van der Waals surface area contributed by atoms with Crippen LogP contribution < -0.4 is 5.43 Å². The van der Waals surface area contributed by atoms with Gasteiger partial charge in [0.25, 0.3) is 5.91 Å². The van der Waals surface area contributed by atoms with E-state index in [0.717, 1.165) is 0 Å². The lowest BCUT2D eigenvalue weighted by Crippen LogP contribution is -2.18. The van der Waals surface area contributed by atoms with Crippen LogP contribution in [0.5, 0.6) is 0 Å². The second-order valence-electron chi connectivity index (χ2n) is 6.14. The van der Waals surface area contributed by atoms with Gasteiger partial charge in [0, 0.05) is 10.9 Å². The van der Waals surface area contributed by atoms with Gasteiger partial charge in [-0.3, -0.25) is 4.79 Å². The Labute approximate surface area is 165 Å². The first-order valence-corrected chi connectivity index (χ1v) is 8.73. The zero-order valence-electron chi connectivity index (χ0n) is 15.1. The molecule has 142 valence electrons. The molecule has 29 heavy (non-hydrogen) atoms. The van der Waals surface area contributed by atoms with E-state index >= 15 is 0 Å². The molecule has 0 aliphatic heterocycles. The van der Waals surface area contributed by atoms with Crippen LogP contribution in [0.2, 0.25) is 0 Å². The van der Waals surface area contributed by atoms with Gasteiger partial charge in [0.05, 0.1) is 29.1 Å². The molecule has 0 saturated carbocycles. The van der Waals surface area contributed by atoms with E-state index in [-0.39, 0.29) is 5.56 Å². The van der Waals surface area contributed by atoms with E-state index in [1.165, 1.54) is 18.5 Å². The van der Waals surface area contributed by atoms with Crippen molar-refractivity contribution in [2.24, 2.45) is 5.10 Å². The third-order valence-electron chi connectivity index (χ3n) is 4.30. The number of carboxylic acids is 1. The highest BCUT2D eigenvalue weighted by atomic mass is 16.4. The fourth-order valence-corrected chi connectivity index (χ4v) is 2.94. The summed E-state index contributed by atoms with van der Waals surface area (Å²) in [5.74, 6) is -0.967. The molecule has 0 unspecified atom stereocenters. The lowest BCUT2D eigenvalue weighted by Gasteiger charge is -2.07. The Hall–Kier alpha value is -4.26. The van der Waals surface area contributed by atoms with Gasteiger partial charge in [-0.2, -0.15) is 5.10 Å². The Morgan fingerprint density at radius 2 is 1.79 bits per heavy atom. The average molecular weight is 385 g/mol. The second kappa shape index (κ2) is 7.77. The van der Waals surface area contributed by atoms with E-state index in [2.05, 4.69) is 15.5 Å². The number of nitrogens with one attached hydrogen (secondary N) is 1. The average Bonchev–Trinajstić information content (AvgIpc) is 3.28. The lowest BCUT2D eigenvalue weighted by atomic mass is 10.1. The Balaban J connectivity index is 1.66. The standard InChI is InChI=1S/C22H15N3O4/c26-21(25-23-13-14-6-1-2-7-15(14)22(27)28)17-12-19(20-10-5-11-29-20)24-18-9-4-3-8-16(17)18/h1-13H,(H,25,26)(H,27,28)/b23-13-. The van der Waals surface area contributed by atoms with Gasteiger partial charge in [0.15, 0.2) is 5.76 Å². The fraction of sp³-hybridized carbons (Fsp3) is 0. The SMILES string of the molecule is O=C(O)c1ccccc1/C=N\NC(=O)c1cc(-c2ccco2)nc2ccccc12. The number of hydrogen-bond donors (Lipinski definition) is 2. The molecular formula is C22H15N3O4. The summed E-state index contributed by atoms with van der Waals surface area (Å²) in [7, 11) is 0. The molecule has 0 aliphatic rings. The molecule has 0 atom stereocenters. The molecule has 0 bridgehead atoms. The number of nitrogens with zero attached hydrogens (tertiary/aromatic N) is 2. The highest BCUT2D eigenvalue weighted by Crippen LogP contribution is 2.25. The monoisotopic (exact) mass is 385 g/mol. The summed E-state index contributed by atoms with van der Waals surface area (Å²) in [6.45, 7) is 0. The predicted molar refractivity (Wildman–Crippen MR) is 108 cm³/mol. The van der Waals surface area contributed by atoms with E-state index in [0.29, 0.717) is 33.5 Å². The molecule has 4 aromatic rings. The van der Waals surface area contributed by atoms with Crippen LogP contribution >= 0.6 is 0 Å². The molecule has 2 aromatic heterocycles. The second-order valence-corrected chi connectivity index (χ2v) is 6.14.